The first-order valence-corrected chi connectivity index (χ1v) is 8.30. The topological polar surface area (TPSA) is 47.5 Å². The van der Waals surface area contributed by atoms with Crippen molar-refractivity contribution in [3.63, 3.8) is 0 Å². The zero-order valence-corrected chi connectivity index (χ0v) is 14.2. The van der Waals surface area contributed by atoms with Crippen LogP contribution in [0.2, 0.25) is 4.34 Å². The quantitative estimate of drug-likeness (QED) is 0.833. The lowest BCUT2D eigenvalue weighted by Gasteiger charge is -2.25. The molecule has 0 amide bonds. The van der Waals surface area contributed by atoms with Crippen LogP contribution in [-0.2, 0) is 6.54 Å². The van der Waals surface area contributed by atoms with Crippen molar-refractivity contribution in [3.8, 4) is 11.5 Å². The van der Waals surface area contributed by atoms with Gasteiger partial charge in [-0.2, -0.15) is 0 Å². The number of methoxy groups -OCH3 is 2. The molecular weight excluding hydrogens is 322 g/mol. The molecule has 1 aromatic carbocycles. The van der Waals surface area contributed by atoms with E-state index in [0.717, 1.165) is 42.1 Å². The zero-order chi connectivity index (χ0) is 15.5. The van der Waals surface area contributed by atoms with Crippen molar-refractivity contribution in [1.29, 1.82) is 0 Å². The lowest BCUT2D eigenvalue weighted by atomic mass is 10.0. The number of benzene rings is 1. The highest BCUT2D eigenvalue weighted by molar-refractivity contribution is 7.10. The van der Waals surface area contributed by atoms with Crippen LogP contribution < -0.4 is 9.47 Å². The molecule has 2 heterocycles. The van der Waals surface area contributed by atoms with Crippen molar-refractivity contribution in [2.75, 3.05) is 20.8 Å². The van der Waals surface area contributed by atoms with Crippen LogP contribution in [0, 0.1) is 0 Å². The second-order valence-electron chi connectivity index (χ2n) is 5.23. The fourth-order valence-electron chi connectivity index (χ4n) is 2.95. The molecule has 118 valence electrons. The van der Waals surface area contributed by atoms with Crippen LogP contribution in [0.1, 0.15) is 30.1 Å². The number of aromatic nitrogens is 2. The Morgan fingerprint density at radius 1 is 1.36 bits per heavy atom. The van der Waals surface area contributed by atoms with Gasteiger partial charge in [0.2, 0.25) is 0 Å². The maximum Gasteiger partial charge on any atom is 0.138 e. The average Bonchev–Trinajstić information content (AvgIpc) is 3.16. The van der Waals surface area contributed by atoms with Gasteiger partial charge in [0, 0.05) is 29.7 Å². The normalized spacial score (nSPS) is 18.6. The van der Waals surface area contributed by atoms with Crippen LogP contribution in [0.4, 0.5) is 0 Å². The lowest BCUT2D eigenvalue weighted by molar-refractivity contribution is 0.239. The van der Waals surface area contributed by atoms with Crippen LogP contribution in [0.25, 0.3) is 0 Å². The van der Waals surface area contributed by atoms with Gasteiger partial charge in [0.05, 0.1) is 14.2 Å². The fraction of sp³-hybridized carbons (Fsp3) is 0.467. The first-order valence-electron chi connectivity index (χ1n) is 7.15. The summed E-state index contributed by atoms with van der Waals surface area (Å²) in [4.78, 5) is 2.37. The maximum atomic E-state index is 6.14. The third-order valence-electron chi connectivity index (χ3n) is 4.02. The van der Waals surface area contributed by atoms with Gasteiger partial charge in [-0.15, -0.1) is 5.10 Å². The molecule has 0 radical (unpaired) electrons. The lowest BCUT2D eigenvalue weighted by Crippen LogP contribution is -2.23. The van der Waals surface area contributed by atoms with Crippen LogP contribution in [0.3, 0.4) is 0 Å². The third-order valence-corrected chi connectivity index (χ3v) is 5.01. The predicted molar refractivity (Wildman–Crippen MR) is 86.9 cm³/mol. The summed E-state index contributed by atoms with van der Waals surface area (Å²) in [6.07, 6.45) is 2.22. The minimum Gasteiger partial charge on any atom is -0.497 e. The molecule has 7 heteroatoms. The smallest absolute Gasteiger partial charge is 0.138 e. The molecule has 1 fully saturated rings. The summed E-state index contributed by atoms with van der Waals surface area (Å²) in [5.74, 6) is 1.73. The van der Waals surface area contributed by atoms with Crippen molar-refractivity contribution < 1.29 is 9.47 Å². The van der Waals surface area contributed by atoms with Gasteiger partial charge in [0.15, 0.2) is 0 Å². The highest BCUT2D eigenvalue weighted by Gasteiger charge is 2.29. The van der Waals surface area contributed by atoms with Gasteiger partial charge in [-0.3, -0.25) is 4.90 Å². The van der Waals surface area contributed by atoms with Crippen LogP contribution in [-0.4, -0.2) is 35.3 Å². The number of rotatable bonds is 5. The Kier molecular flexibility index (Phi) is 4.81. The summed E-state index contributed by atoms with van der Waals surface area (Å²) < 4.78 is 15.5. The van der Waals surface area contributed by atoms with Gasteiger partial charge in [-0.25, -0.2) is 0 Å². The van der Waals surface area contributed by atoms with E-state index in [4.69, 9.17) is 21.1 Å². The number of likely N-dealkylation sites (tertiary alicyclic amines) is 1. The summed E-state index contributed by atoms with van der Waals surface area (Å²) in [7, 11) is 3.38. The molecule has 1 aliphatic heterocycles. The van der Waals surface area contributed by atoms with E-state index in [1.54, 1.807) is 14.2 Å². The van der Waals surface area contributed by atoms with E-state index in [1.165, 1.54) is 11.5 Å². The highest BCUT2D eigenvalue weighted by Crippen LogP contribution is 2.39. The number of ether oxygens (including phenoxy) is 2. The Bertz CT molecular complexity index is 649. The van der Waals surface area contributed by atoms with E-state index in [0.29, 0.717) is 10.9 Å². The number of hydrogen-bond donors (Lipinski definition) is 0. The fourth-order valence-corrected chi connectivity index (χ4v) is 3.56. The SMILES string of the molecule is COc1ccc(OC)c(C2CCCN2Cc2nnsc2Cl)c1. The van der Waals surface area contributed by atoms with Crippen LogP contribution in [0.5, 0.6) is 11.5 Å². The first-order chi connectivity index (χ1) is 10.7. The van der Waals surface area contributed by atoms with Crippen molar-refractivity contribution in [2.45, 2.75) is 25.4 Å². The Labute approximate surface area is 139 Å². The third kappa shape index (κ3) is 3.04. The van der Waals surface area contributed by atoms with E-state index in [-0.39, 0.29) is 6.04 Å². The first kappa shape index (κ1) is 15.5. The standard InChI is InChI=1S/C15H18ClN3O2S/c1-20-10-5-6-14(21-2)11(8-10)13-4-3-7-19(13)9-12-15(16)22-18-17-12/h5-6,8,13H,3-4,7,9H2,1-2H3. The second-order valence-corrected chi connectivity index (χ2v) is 6.59. The van der Waals surface area contributed by atoms with Gasteiger partial charge in [-0.05, 0) is 37.6 Å². The minimum absolute atomic E-state index is 0.280. The molecule has 0 aliphatic carbocycles. The van der Waals surface area contributed by atoms with Crippen LogP contribution in [0.15, 0.2) is 18.2 Å². The molecule has 0 spiro atoms. The van der Waals surface area contributed by atoms with Gasteiger partial charge >= 0.3 is 0 Å². The second kappa shape index (κ2) is 6.81. The van der Waals surface area contributed by atoms with Gasteiger partial charge < -0.3 is 9.47 Å². The summed E-state index contributed by atoms with van der Waals surface area (Å²) >= 11 is 7.37. The number of halogens is 1. The Balaban J connectivity index is 1.88. The zero-order valence-electron chi connectivity index (χ0n) is 12.6. The van der Waals surface area contributed by atoms with Gasteiger partial charge in [-0.1, -0.05) is 16.1 Å². The van der Waals surface area contributed by atoms with Crippen molar-refractivity contribution >= 4 is 23.1 Å². The Morgan fingerprint density at radius 2 is 2.23 bits per heavy atom. The molecule has 2 aromatic rings. The highest BCUT2D eigenvalue weighted by atomic mass is 35.5. The summed E-state index contributed by atoms with van der Waals surface area (Å²) in [5, 5.41) is 4.12. The molecule has 1 atom stereocenters. The monoisotopic (exact) mass is 339 g/mol. The molecule has 5 nitrogen and oxygen atoms in total. The molecule has 0 bridgehead atoms. The van der Waals surface area contributed by atoms with Crippen molar-refractivity contribution in [3.05, 3.63) is 33.8 Å². The predicted octanol–water partition coefficient (Wildman–Crippen LogP) is 3.55. The van der Waals surface area contributed by atoms with E-state index < -0.39 is 0 Å². The largest absolute Gasteiger partial charge is 0.497 e. The average molecular weight is 340 g/mol. The van der Waals surface area contributed by atoms with Crippen molar-refractivity contribution in [1.82, 2.24) is 14.5 Å². The molecule has 0 saturated carbocycles. The number of nitrogens with zero attached hydrogens (tertiary/aromatic N) is 3. The molecule has 1 unspecified atom stereocenters. The Morgan fingerprint density at radius 3 is 2.91 bits per heavy atom. The van der Waals surface area contributed by atoms with Gasteiger partial charge in [0.25, 0.3) is 0 Å². The summed E-state index contributed by atoms with van der Waals surface area (Å²) in [6, 6.07) is 6.22. The van der Waals surface area contributed by atoms with Crippen LogP contribution >= 0.6 is 23.1 Å². The van der Waals surface area contributed by atoms with E-state index >= 15 is 0 Å². The van der Waals surface area contributed by atoms with E-state index in [2.05, 4.69) is 20.6 Å². The minimum atomic E-state index is 0.280. The maximum absolute atomic E-state index is 6.14. The molecular formula is C15H18ClN3O2S. The van der Waals surface area contributed by atoms with Crippen molar-refractivity contribution in [2.24, 2.45) is 0 Å². The van der Waals surface area contributed by atoms with E-state index in [9.17, 15) is 0 Å². The molecule has 3 rings (SSSR count). The molecule has 0 N–H and O–H groups in total. The number of hydrogen-bond acceptors (Lipinski definition) is 6. The Hall–Kier alpha value is -1.37. The summed E-state index contributed by atoms with van der Waals surface area (Å²) in [5.41, 5.74) is 2.00. The molecule has 1 aliphatic rings. The molecule has 1 saturated heterocycles. The summed E-state index contributed by atoms with van der Waals surface area (Å²) in [6.45, 7) is 1.72. The van der Waals surface area contributed by atoms with E-state index in [1.807, 2.05) is 12.1 Å². The molecule has 22 heavy (non-hydrogen) atoms. The van der Waals surface area contributed by atoms with Gasteiger partial charge in [0.1, 0.15) is 21.5 Å². The molecule has 1 aromatic heterocycles.